The zero-order valence-electron chi connectivity index (χ0n) is 21.1. The highest BCUT2D eigenvalue weighted by Gasteiger charge is 2.28. The van der Waals surface area contributed by atoms with E-state index in [1.54, 1.807) is 0 Å². The van der Waals surface area contributed by atoms with Gasteiger partial charge in [-0.2, -0.15) is 0 Å². The summed E-state index contributed by atoms with van der Waals surface area (Å²) in [6.45, 7) is 12.7. The van der Waals surface area contributed by atoms with Crippen LogP contribution in [-0.2, 0) is 9.47 Å². The Balaban J connectivity index is 1.66. The molecule has 4 nitrogen and oxygen atoms in total. The summed E-state index contributed by atoms with van der Waals surface area (Å²) in [4.78, 5) is 13.4. The normalized spacial score (nSPS) is 26.3. The number of benzene rings is 1. The molecule has 0 heterocycles. The number of hydrogen-bond donors (Lipinski definition) is 0. The molecule has 0 N–H and O–H groups in total. The Morgan fingerprint density at radius 1 is 0.909 bits per heavy atom. The van der Waals surface area contributed by atoms with E-state index in [-0.39, 0.29) is 5.78 Å². The van der Waals surface area contributed by atoms with E-state index < -0.39 is 6.29 Å². The molecule has 0 spiro atoms. The van der Waals surface area contributed by atoms with E-state index in [1.165, 1.54) is 11.1 Å². The maximum Gasteiger partial charge on any atom is 0.222 e. The smallest absolute Gasteiger partial charge is 0.222 e. The highest BCUT2D eigenvalue weighted by Crippen LogP contribution is 2.31. The molecule has 1 aromatic carbocycles. The molecule has 4 atom stereocenters. The molecule has 4 heteroatoms. The predicted octanol–water partition coefficient (Wildman–Crippen LogP) is 7.00. The van der Waals surface area contributed by atoms with E-state index >= 15 is 0 Å². The van der Waals surface area contributed by atoms with Gasteiger partial charge in [0.25, 0.3) is 0 Å². The molecule has 3 rings (SSSR count). The van der Waals surface area contributed by atoms with Crippen molar-refractivity contribution < 1.29 is 19.0 Å². The zero-order valence-corrected chi connectivity index (χ0v) is 21.1. The third-order valence-corrected chi connectivity index (χ3v) is 7.15. The van der Waals surface area contributed by atoms with Gasteiger partial charge in [-0.1, -0.05) is 44.1 Å². The van der Waals surface area contributed by atoms with Crippen LogP contribution in [0, 0.1) is 23.7 Å². The first kappa shape index (κ1) is 25.7. The van der Waals surface area contributed by atoms with Gasteiger partial charge in [0.05, 0.1) is 19.8 Å². The van der Waals surface area contributed by atoms with Gasteiger partial charge in [0, 0.05) is 5.56 Å². The molecule has 0 saturated carbocycles. The zero-order chi connectivity index (χ0) is 23.8. The average Bonchev–Trinajstić information content (AvgIpc) is 2.80. The lowest BCUT2D eigenvalue weighted by Gasteiger charge is -2.30. The fraction of sp³-hybridized carbons (Fsp3) is 0.621. The molecule has 182 valence electrons. The Morgan fingerprint density at radius 2 is 1.42 bits per heavy atom. The molecule has 33 heavy (non-hydrogen) atoms. The first-order chi connectivity index (χ1) is 15.9. The highest BCUT2D eigenvalue weighted by molar-refractivity contribution is 5.98. The van der Waals surface area contributed by atoms with Crippen LogP contribution in [0.3, 0.4) is 0 Å². The summed E-state index contributed by atoms with van der Waals surface area (Å²) in [5, 5.41) is 0. The van der Waals surface area contributed by atoms with Crippen molar-refractivity contribution in [1.29, 1.82) is 0 Å². The van der Waals surface area contributed by atoms with E-state index in [2.05, 4.69) is 46.8 Å². The Morgan fingerprint density at radius 3 is 1.88 bits per heavy atom. The van der Waals surface area contributed by atoms with Crippen molar-refractivity contribution in [3.05, 3.63) is 53.1 Å². The molecule has 2 aliphatic carbocycles. The standard InChI is InChI=1S/C29H42O4/c1-6-15-31-27-13-11-24(12-14-27)28(30)29(32-18-25-9-7-20(2)16-22(25)4)33-19-26-10-8-21(3)17-23(26)5/h11-14,16-17,22-23,25-26,29H,6-10,15,18-19H2,1-5H3. The van der Waals surface area contributed by atoms with Gasteiger partial charge in [0.15, 0.2) is 0 Å². The molecule has 0 fully saturated rings. The van der Waals surface area contributed by atoms with E-state index in [0.717, 1.165) is 37.9 Å². The second kappa shape index (κ2) is 12.5. The molecule has 0 aromatic heterocycles. The molecule has 0 bridgehead atoms. The lowest BCUT2D eigenvalue weighted by atomic mass is 9.82. The van der Waals surface area contributed by atoms with Crippen LogP contribution in [-0.4, -0.2) is 31.9 Å². The minimum atomic E-state index is -0.870. The number of hydrogen-bond acceptors (Lipinski definition) is 4. The summed E-state index contributed by atoms with van der Waals surface area (Å²) < 4.78 is 18.1. The molecule has 0 saturated heterocycles. The Bertz CT molecular complexity index is 785. The molecule has 1 aromatic rings. The van der Waals surface area contributed by atoms with Crippen LogP contribution in [0.1, 0.15) is 77.1 Å². The maximum absolute atomic E-state index is 13.4. The topological polar surface area (TPSA) is 44.8 Å². The van der Waals surface area contributed by atoms with Gasteiger partial charge in [-0.3, -0.25) is 4.79 Å². The number of carbonyl (C=O) groups excluding carboxylic acids is 1. The van der Waals surface area contributed by atoms with Gasteiger partial charge in [-0.25, -0.2) is 0 Å². The van der Waals surface area contributed by atoms with Gasteiger partial charge >= 0.3 is 0 Å². The number of rotatable bonds is 11. The van der Waals surface area contributed by atoms with Crippen LogP contribution >= 0.6 is 0 Å². The Kier molecular flexibility index (Phi) is 9.76. The van der Waals surface area contributed by atoms with Crippen molar-refractivity contribution in [1.82, 2.24) is 0 Å². The predicted molar refractivity (Wildman–Crippen MR) is 134 cm³/mol. The average molecular weight is 455 g/mol. The molecular formula is C29H42O4. The van der Waals surface area contributed by atoms with Crippen molar-refractivity contribution in [2.45, 2.75) is 73.0 Å². The first-order valence-electron chi connectivity index (χ1n) is 12.7. The summed E-state index contributed by atoms with van der Waals surface area (Å²) in [6, 6.07) is 7.34. The monoisotopic (exact) mass is 454 g/mol. The summed E-state index contributed by atoms with van der Waals surface area (Å²) in [5.41, 5.74) is 3.49. The van der Waals surface area contributed by atoms with Crippen molar-refractivity contribution in [2.24, 2.45) is 23.7 Å². The minimum Gasteiger partial charge on any atom is -0.494 e. The van der Waals surface area contributed by atoms with Crippen molar-refractivity contribution in [2.75, 3.05) is 19.8 Å². The minimum absolute atomic E-state index is 0.109. The third-order valence-electron chi connectivity index (χ3n) is 7.15. The quantitative estimate of drug-likeness (QED) is 0.205. The first-order valence-corrected chi connectivity index (χ1v) is 12.7. The molecule has 0 radical (unpaired) electrons. The summed E-state index contributed by atoms with van der Waals surface area (Å²) in [7, 11) is 0. The third kappa shape index (κ3) is 7.55. The van der Waals surface area contributed by atoms with Crippen LogP contribution in [0.25, 0.3) is 0 Å². The van der Waals surface area contributed by atoms with E-state index in [0.29, 0.717) is 49.1 Å². The Hall–Kier alpha value is -1.91. The number of allylic oxidation sites excluding steroid dienone is 4. The van der Waals surface area contributed by atoms with Crippen molar-refractivity contribution >= 4 is 5.78 Å². The second-order valence-corrected chi connectivity index (χ2v) is 10.1. The van der Waals surface area contributed by atoms with Crippen LogP contribution in [0.2, 0.25) is 0 Å². The number of ether oxygens (including phenoxy) is 3. The molecule has 2 aliphatic rings. The van der Waals surface area contributed by atoms with Crippen LogP contribution < -0.4 is 4.74 Å². The summed E-state index contributed by atoms with van der Waals surface area (Å²) >= 11 is 0. The fourth-order valence-corrected chi connectivity index (χ4v) is 4.85. The summed E-state index contributed by atoms with van der Waals surface area (Å²) in [6.07, 6.45) is 9.14. The maximum atomic E-state index is 13.4. The largest absolute Gasteiger partial charge is 0.494 e. The van der Waals surface area contributed by atoms with Crippen LogP contribution in [0.15, 0.2) is 47.6 Å². The number of Topliss-reactive ketones (excluding diaryl/α,β-unsaturated/α-hetero) is 1. The van der Waals surface area contributed by atoms with Gasteiger partial charge < -0.3 is 14.2 Å². The second-order valence-electron chi connectivity index (χ2n) is 10.1. The number of carbonyl (C=O) groups is 1. The van der Waals surface area contributed by atoms with E-state index in [4.69, 9.17) is 14.2 Å². The van der Waals surface area contributed by atoms with Gasteiger partial charge in [-0.15, -0.1) is 0 Å². The molecule has 0 aliphatic heterocycles. The van der Waals surface area contributed by atoms with Crippen LogP contribution in [0.4, 0.5) is 0 Å². The fourth-order valence-electron chi connectivity index (χ4n) is 4.85. The van der Waals surface area contributed by atoms with Gasteiger partial charge in [0.2, 0.25) is 12.1 Å². The van der Waals surface area contributed by atoms with E-state index in [1.807, 2.05) is 24.3 Å². The van der Waals surface area contributed by atoms with E-state index in [9.17, 15) is 4.79 Å². The lowest BCUT2D eigenvalue weighted by molar-refractivity contribution is -0.134. The number of ketones is 1. The molecule has 4 unspecified atom stereocenters. The SMILES string of the molecule is CCCOc1ccc(C(=O)C(OCC2CCC(C)=CC2C)OCC2CCC(C)=CC2C)cc1. The Labute approximate surface area is 200 Å². The van der Waals surface area contributed by atoms with Gasteiger partial charge in [0.1, 0.15) is 5.75 Å². The van der Waals surface area contributed by atoms with Gasteiger partial charge in [-0.05, 0) is 93.9 Å². The molecular weight excluding hydrogens is 412 g/mol. The van der Waals surface area contributed by atoms with Crippen molar-refractivity contribution in [3.8, 4) is 5.75 Å². The highest BCUT2D eigenvalue weighted by atomic mass is 16.7. The van der Waals surface area contributed by atoms with Crippen molar-refractivity contribution in [3.63, 3.8) is 0 Å². The lowest BCUT2D eigenvalue weighted by Crippen LogP contribution is -2.34. The van der Waals surface area contributed by atoms with Crippen LogP contribution in [0.5, 0.6) is 5.75 Å². The summed E-state index contributed by atoms with van der Waals surface area (Å²) in [5.74, 6) is 2.41. The molecule has 0 amide bonds.